The lowest BCUT2D eigenvalue weighted by molar-refractivity contribution is -0.147. The first-order valence-electron chi connectivity index (χ1n) is 18.9. The van der Waals surface area contributed by atoms with Crippen molar-refractivity contribution in [3.8, 4) is 0 Å². The van der Waals surface area contributed by atoms with E-state index >= 15 is 0 Å². The highest BCUT2D eigenvalue weighted by atomic mass is 32.2. The van der Waals surface area contributed by atoms with Gasteiger partial charge in [-0.05, 0) is 54.5 Å². The number of rotatable bonds is 25. The van der Waals surface area contributed by atoms with Crippen molar-refractivity contribution in [1.82, 2.24) is 26.6 Å². The maximum atomic E-state index is 13.9. The Morgan fingerprint density at radius 1 is 0.638 bits per heavy atom. The fourth-order valence-electron chi connectivity index (χ4n) is 5.64. The molecule has 0 spiro atoms. The summed E-state index contributed by atoms with van der Waals surface area (Å²) in [5, 5.41) is 12.9. The predicted molar refractivity (Wildman–Crippen MR) is 220 cm³/mol. The van der Waals surface area contributed by atoms with E-state index in [1.54, 1.807) is 84.9 Å². The highest BCUT2D eigenvalue weighted by Crippen LogP contribution is 2.09. The number of benzene rings is 3. The van der Waals surface area contributed by atoms with Crippen LogP contribution in [0, 0.1) is 0 Å². The number of esters is 1. The Labute approximate surface area is 342 Å². The first kappa shape index (κ1) is 46.6. The zero-order valence-corrected chi connectivity index (χ0v) is 33.3. The molecule has 11 N–H and O–H groups in total. The Kier molecular flexibility index (Phi) is 20.5. The van der Waals surface area contributed by atoms with Gasteiger partial charge in [0.05, 0.1) is 19.0 Å². The Bertz CT molecular complexity index is 1790. The van der Waals surface area contributed by atoms with Crippen molar-refractivity contribution >= 4 is 53.2 Å². The third kappa shape index (κ3) is 17.2. The number of hydrogen-bond acceptors (Lipinski definition) is 11. The highest BCUT2D eigenvalue weighted by Gasteiger charge is 2.31. The molecule has 0 aliphatic rings. The van der Waals surface area contributed by atoms with Crippen LogP contribution in [0.1, 0.15) is 42.4 Å². The summed E-state index contributed by atoms with van der Waals surface area (Å²) in [5.41, 5.74) is 19.3. The molecular weight excluding hydrogens is 765 g/mol. The van der Waals surface area contributed by atoms with Crippen molar-refractivity contribution in [2.45, 2.75) is 75.3 Å². The second kappa shape index (κ2) is 25.5. The normalized spacial score (nSPS) is 13.4. The fraction of sp³-hybridized carbons (Fsp3) is 0.390. The van der Waals surface area contributed by atoms with E-state index in [1.165, 1.54) is 11.8 Å². The molecule has 58 heavy (non-hydrogen) atoms. The van der Waals surface area contributed by atoms with Gasteiger partial charge in [0.15, 0.2) is 0 Å². The molecule has 3 rings (SSSR count). The van der Waals surface area contributed by atoms with Crippen LogP contribution in [0.15, 0.2) is 91.0 Å². The summed E-state index contributed by atoms with van der Waals surface area (Å²) in [6.45, 7) is -0.400. The van der Waals surface area contributed by atoms with Gasteiger partial charge in [-0.25, -0.2) is 0 Å². The smallest absolute Gasteiger partial charge is 0.308 e. The first-order valence-corrected chi connectivity index (χ1v) is 20.3. The fourth-order valence-corrected chi connectivity index (χ4v) is 6.11. The topological polar surface area (TPSA) is 267 Å². The van der Waals surface area contributed by atoms with Gasteiger partial charge >= 0.3 is 5.97 Å². The average molecular weight is 819 g/mol. The molecule has 0 radical (unpaired) electrons. The van der Waals surface area contributed by atoms with Crippen molar-refractivity contribution in [2.75, 3.05) is 25.1 Å². The van der Waals surface area contributed by atoms with Crippen molar-refractivity contribution < 1.29 is 38.3 Å². The molecule has 5 atom stereocenters. The van der Waals surface area contributed by atoms with Crippen LogP contribution in [0.25, 0.3) is 0 Å². The molecule has 312 valence electrons. The molecule has 0 aliphatic carbocycles. The van der Waals surface area contributed by atoms with Gasteiger partial charge in [0.25, 0.3) is 0 Å². The second-order valence-corrected chi connectivity index (χ2v) is 14.5. The zero-order chi connectivity index (χ0) is 42.3. The number of hydrogen-bond donors (Lipinski definition) is 8. The van der Waals surface area contributed by atoms with Gasteiger partial charge in [-0.1, -0.05) is 91.0 Å². The van der Waals surface area contributed by atoms with Crippen LogP contribution in [0.3, 0.4) is 0 Å². The number of primary amides is 1. The largest absolute Gasteiger partial charge is 0.461 e. The highest BCUT2D eigenvalue weighted by molar-refractivity contribution is 7.98. The van der Waals surface area contributed by atoms with Gasteiger partial charge in [0.1, 0.15) is 30.8 Å². The minimum absolute atomic E-state index is 0.0187. The molecule has 3 aromatic rings. The summed E-state index contributed by atoms with van der Waals surface area (Å²) in [6, 6.07) is 20.8. The Morgan fingerprint density at radius 3 is 1.67 bits per heavy atom. The van der Waals surface area contributed by atoms with E-state index < -0.39 is 84.6 Å². The molecule has 17 heteroatoms. The molecule has 0 fully saturated rings. The second-order valence-electron chi connectivity index (χ2n) is 13.5. The summed E-state index contributed by atoms with van der Waals surface area (Å²) >= 11 is 1.43. The van der Waals surface area contributed by atoms with E-state index in [9.17, 15) is 33.6 Å². The quantitative estimate of drug-likeness (QED) is 0.0526. The van der Waals surface area contributed by atoms with Crippen molar-refractivity contribution in [1.29, 1.82) is 0 Å². The molecular formula is C41H54N8O8S. The van der Waals surface area contributed by atoms with Crippen LogP contribution < -0.4 is 43.8 Å². The summed E-state index contributed by atoms with van der Waals surface area (Å²) in [7, 11) is 0. The number of carbonyl (C=O) groups is 7. The van der Waals surface area contributed by atoms with Crippen LogP contribution in [0.2, 0.25) is 0 Å². The Morgan fingerprint density at radius 2 is 1.14 bits per heavy atom. The molecule has 0 bridgehead atoms. The number of amides is 6. The van der Waals surface area contributed by atoms with Crippen LogP contribution in [0.4, 0.5) is 0 Å². The Balaban J connectivity index is 1.76. The molecule has 0 heterocycles. The third-order valence-corrected chi connectivity index (χ3v) is 9.49. The van der Waals surface area contributed by atoms with E-state index in [0.717, 1.165) is 5.56 Å². The molecule has 0 aromatic heterocycles. The monoisotopic (exact) mass is 818 g/mol. The van der Waals surface area contributed by atoms with E-state index in [0.29, 0.717) is 36.3 Å². The number of nitrogens with one attached hydrogen (secondary N) is 5. The molecule has 0 unspecified atom stereocenters. The van der Waals surface area contributed by atoms with Crippen LogP contribution in [-0.2, 0) is 57.7 Å². The van der Waals surface area contributed by atoms with E-state index in [-0.39, 0.29) is 25.9 Å². The standard InChI is InChI=1S/C41H54N8O8S/c1-58-21-19-31(37(44)52)47-41(56)34(24-36(51)57-26-29-16-9-4-10-17-29)46-35(50)25-45-39(54)32(22-27-12-5-2-6-13-27)49-40(55)33(23-28-14-7-3-8-15-28)48-38(53)30(43)18-11-20-42/h2-10,12-17,30-34H,11,18-26,42-43H2,1H3,(H2,44,52)(H,45,54)(H,46,50)(H,47,56)(H,48,53)(H,49,55)/t30-,31-,32-,33-,34-/m0/s1. The van der Waals surface area contributed by atoms with Crippen LogP contribution in [-0.4, -0.2) is 96.7 Å². The SMILES string of the molecule is CSCC[C@H](NC(=O)[C@H](CC(=O)OCc1ccccc1)NC(=O)CNC(=O)[C@H](Cc1ccccc1)NC(=O)[C@H](Cc1ccccc1)NC(=O)[C@@H](N)CCCN)C(N)=O. The van der Waals surface area contributed by atoms with Gasteiger partial charge in [-0.2, -0.15) is 11.8 Å². The van der Waals surface area contributed by atoms with Gasteiger partial charge in [0.2, 0.25) is 35.4 Å². The lowest BCUT2D eigenvalue weighted by Gasteiger charge is -2.25. The van der Waals surface area contributed by atoms with E-state index in [2.05, 4.69) is 26.6 Å². The molecule has 6 amide bonds. The summed E-state index contributed by atoms with van der Waals surface area (Å²) in [6.07, 6.45) is 2.36. The van der Waals surface area contributed by atoms with Crippen LogP contribution in [0.5, 0.6) is 0 Å². The van der Waals surface area contributed by atoms with Crippen molar-refractivity contribution in [2.24, 2.45) is 17.2 Å². The molecule has 0 saturated carbocycles. The minimum atomic E-state index is -1.50. The van der Waals surface area contributed by atoms with Gasteiger partial charge < -0.3 is 48.5 Å². The molecule has 0 aliphatic heterocycles. The third-order valence-electron chi connectivity index (χ3n) is 8.85. The number of carbonyl (C=O) groups excluding carboxylic acids is 7. The lowest BCUT2D eigenvalue weighted by Crippen LogP contribution is -2.58. The lowest BCUT2D eigenvalue weighted by atomic mass is 10.0. The maximum absolute atomic E-state index is 13.9. The van der Waals surface area contributed by atoms with Gasteiger partial charge in [-0.15, -0.1) is 0 Å². The molecule has 16 nitrogen and oxygen atoms in total. The summed E-state index contributed by atoms with van der Waals surface area (Å²) < 4.78 is 5.33. The molecule has 0 saturated heterocycles. The zero-order valence-electron chi connectivity index (χ0n) is 32.5. The van der Waals surface area contributed by atoms with Crippen molar-refractivity contribution in [3.05, 3.63) is 108 Å². The molecule has 3 aromatic carbocycles. The minimum Gasteiger partial charge on any atom is -0.461 e. The summed E-state index contributed by atoms with van der Waals surface area (Å²) in [4.78, 5) is 92.2. The predicted octanol–water partition coefficient (Wildman–Crippen LogP) is -0.0347. The number of nitrogens with two attached hydrogens (primary N) is 3. The average Bonchev–Trinajstić information content (AvgIpc) is 3.22. The van der Waals surface area contributed by atoms with Crippen molar-refractivity contribution in [3.63, 3.8) is 0 Å². The first-order chi connectivity index (χ1) is 27.9. The van der Waals surface area contributed by atoms with E-state index in [4.69, 9.17) is 21.9 Å². The summed E-state index contributed by atoms with van der Waals surface area (Å²) in [5.74, 6) is -4.78. The number of ether oxygens (including phenoxy) is 1. The van der Waals surface area contributed by atoms with E-state index in [1.807, 2.05) is 12.3 Å². The Hall–Kier alpha value is -5.78. The van der Waals surface area contributed by atoms with Gasteiger partial charge in [-0.3, -0.25) is 33.6 Å². The number of thioether (sulfide) groups is 1. The van der Waals surface area contributed by atoms with Crippen LogP contribution >= 0.6 is 11.8 Å². The maximum Gasteiger partial charge on any atom is 0.308 e. The van der Waals surface area contributed by atoms with Gasteiger partial charge in [0, 0.05) is 12.8 Å².